The van der Waals surface area contributed by atoms with E-state index in [4.69, 9.17) is 0 Å². The molecular weight excluding hydrogens is 199 g/mol. The number of alkyl halides is 3. The number of rotatable bonds is 1. The Bertz CT molecular complexity index is 317. The molecule has 1 atom stereocenters. The fourth-order valence-electron chi connectivity index (χ4n) is 1.28. The van der Waals surface area contributed by atoms with Gasteiger partial charge in [-0.3, -0.25) is 10.1 Å². The van der Waals surface area contributed by atoms with Crippen LogP contribution in [-0.2, 0) is 0 Å². The maximum atomic E-state index is 12.3. The van der Waals surface area contributed by atoms with Gasteiger partial charge in [0.2, 0.25) is 0 Å². The molecule has 6 heteroatoms. The van der Waals surface area contributed by atoms with E-state index in [9.17, 15) is 23.3 Å². The van der Waals surface area contributed by atoms with Crippen molar-refractivity contribution >= 4 is 0 Å². The van der Waals surface area contributed by atoms with Gasteiger partial charge in [0, 0.05) is 6.08 Å². The first-order chi connectivity index (χ1) is 6.32. The number of nitrogens with zero attached hydrogens (tertiary/aromatic N) is 1. The highest BCUT2D eigenvalue weighted by atomic mass is 19.4. The van der Waals surface area contributed by atoms with Crippen molar-refractivity contribution in [2.24, 2.45) is 5.92 Å². The van der Waals surface area contributed by atoms with Crippen molar-refractivity contribution < 1.29 is 18.1 Å². The van der Waals surface area contributed by atoms with Crippen LogP contribution in [0.5, 0.6) is 0 Å². The van der Waals surface area contributed by atoms with Crippen molar-refractivity contribution in [1.82, 2.24) is 0 Å². The molecule has 0 heterocycles. The van der Waals surface area contributed by atoms with Crippen molar-refractivity contribution in [3.05, 3.63) is 33.5 Å². The lowest BCUT2D eigenvalue weighted by Crippen LogP contribution is -2.21. The average molecular weight is 207 g/mol. The summed E-state index contributed by atoms with van der Waals surface area (Å²) < 4.78 is 37.0. The minimum absolute atomic E-state index is 0.310. The first-order valence-corrected chi connectivity index (χ1v) is 3.95. The lowest BCUT2D eigenvalue weighted by atomic mass is 9.94. The highest BCUT2D eigenvalue weighted by Crippen LogP contribution is 2.36. The molecule has 0 amide bonds. The Morgan fingerprint density at radius 2 is 2.14 bits per heavy atom. The van der Waals surface area contributed by atoms with E-state index in [0.717, 1.165) is 6.08 Å². The summed E-state index contributed by atoms with van der Waals surface area (Å²) in [5.74, 6) is -0.310. The molecule has 0 saturated carbocycles. The van der Waals surface area contributed by atoms with Gasteiger partial charge in [-0.25, -0.2) is 0 Å². The molecule has 3 nitrogen and oxygen atoms in total. The average Bonchev–Trinajstić information content (AvgIpc) is 2.01. The summed E-state index contributed by atoms with van der Waals surface area (Å²) in [6, 6.07) is 0. The van der Waals surface area contributed by atoms with Crippen LogP contribution in [-0.4, -0.2) is 11.1 Å². The van der Waals surface area contributed by atoms with Crippen molar-refractivity contribution in [3.63, 3.8) is 0 Å². The largest absolute Gasteiger partial charge is 0.419 e. The molecule has 0 aromatic carbocycles. The molecule has 0 radical (unpaired) electrons. The molecule has 14 heavy (non-hydrogen) atoms. The lowest BCUT2D eigenvalue weighted by molar-refractivity contribution is -0.422. The molecule has 0 aromatic rings. The molecule has 0 aromatic heterocycles. The Morgan fingerprint density at radius 1 is 1.57 bits per heavy atom. The van der Waals surface area contributed by atoms with E-state index < -0.39 is 22.4 Å². The van der Waals surface area contributed by atoms with Gasteiger partial charge in [-0.15, -0.1) is 0 Å². The zero-order valence-corrected chi connectivity index (χ0v) is 7.34. The second-order valence-corrected chi connectivity index (χ2v) is 3.16. The van der Waals surface area contributed by atoms with Crippen molar-refractivity contribution in [2.45, 2.75) is 19.5 Å². The van der Waals surface area contributed by atoms with Crippen LogP contribution in [0.1, 0.15) is 13.3 Å². The van der Waals surface area contributed by atoms with Crippen molar-refractivity contribution in [1.29, 1.82) is 0 Å². The molecule has 0 fully saturated rings. The van der Waals surface area contributed by atoms with E-state index in [1.165, 1.54) is 6.08 Å². The van der Waals surface area contributed by atoms with E-state index >= 15 is 0 Å². The van der Waals surface area contributed by atoms with Crippen LogP contribution in [0.25, 0.3) is 0 Å². The van der Waals surface area contributed by atoms with Crippen LogP contribution in [0, 0.1) is 16.0 Å². The zero-order valence-electron chi connectivity index (χ0n) is 7.34. The predicted octanol–water partition coefficient (Wildman–Crippen LogP) is 2.68. The molecule has 0 spiro atoms. The van der Waals surface area contributed by atoms with Crippen LogP contribution in [0.2, 0.25) is 0 Å². The maximum absolute atomic E-state index is 12.3. The standard InChI is InChI=1S/C8H8F3NO2/c1-5-2-3-7(12(13)14)6(4-5)8(9,10)11/h2-3,5H,4H2,1H3/t5-/m0/s1. The minimum Gasteiger partial charge on any atom is -0.258 e. The smallest absolute Gasteiger partial charge is 0.258 e. The van der Waals surface area contributed by atoms with E-state index in [0.29, 0.717) is 0 Å². The summed E-state index contributed by atoms with van der Waals surface area (Å²) in [5.41, 5.74) is -1.88. The highest BCUT2D eigenvalue weighted by molar-refractivity contribution is 5.28. The van der Waals surface area contributed by atoms with E-state index in [-0.39, 0.29) is 12.3 Å². The fraction of sp³-hybridized carbons (Fsp3) is 0.500. The van der Waals surface area contributed by atoms with Gasteiger partial charge < -0.3 is 0 Å². The van der Waals surface area contributed by atoms with Gasteiger partial charge >= 0.3 is 6.18 Å². The minimum atomic E-state index is -4.61. The molecule has 0 saturated heterocycles. The number of halogens is 3. The Morgan fingerprint density at radius 3 is 2.57 bits per heavy atom. The quantitative estimate of drug-likeness (QED) is 0.490. The van der Waals surface area contributed by atoms with Crippen LogP contribution >= 0.6 is 0 Å². The number of hydrogen-bond acceptors (Lipinski definition) is 2. The Kier molecular flexibility index (Phi) is 2.64. The number of nitro groups is 1. The van der Waals surface area contributed by atoms with Gasteiger partial charge in [-0.2, -0.15) is 13.2 Å². The summed E-state index contributed by atoms with van der Waals surface area (Å²) >= 11 is 0. The molecule has 0 aliphatic heterocycles. The lowest BCUT2D eigenvalue weighted by Gasteiger charge is -2.17. The van der Waals surface area contributed by atoms with Gasteiger partial charge in [-0.05, 0) is 12.3 Å². The van der Waals surface area contributed by atoms with Crippen LogP contribution in [0.3, 0.4) is 0 Å². The molecule has 0 unspecified atom stereocenters. The molecule has 1 aliphatic rings. The van der Waals surface area contributed by atoms with Gasteiger partial charge in [-0.1, -0.05) is 13.0 Å². The third kappa shape index (κ3) is 2.12. The summed E-state index contributed by atoms with van der Waals surface area (Å²) in [6.07, 6.45) is -2.60. The van der Waals surface area contributed by atoms with Crippen LogP contribution in [0.15, 0.2) is 23.4 Å². The van der Waals surface area contributed by atoms with Crippen LogP contribution < -0.4 is 0 Å². The third-order valence-corrected chi connectivity index (χ3v) is 1.96. The molecule has 1 rings (SSSR count). The summed E-state index contributed by atoms with van der Waals surface area (Å²) in [6.45, 7) is 1.58. The Labute approximate surface area is 78.1 Å². The molecule has 0 bridgehead atoms. The summed E-state index contributed by atoms with van der Waals surface area (Å²) in [5, 5.41) is 10.3. The number of hydrogen-bond donors (Lipinski definition) is 0. The van der Waals surface area contributed by atoms with E-state index in [1.807, 2.05) is 0 Å². The first kappa shape index (κ1) is 10.7. The summed E-state index contributed by atoms with van der Waals surface area (Å²) in [7, 11) is 0. The van der Waals surface area contributed by atoms with Gasteiger partial charge in [0.15, 0.2) is 0 Å². The monoisotopic (exact) mass is 207 g/mol. The van der Waals surface area contributed by atoms with Crippen LogP contribution in [0.4, 0.5) is 13.2 Å². The predicted molar refractivity (Wildman–Crippen MR) is 43.0 cm³/mol. The number of allylic oxidation sites excluding steroid dienone is 3. The Hall–Kier alpha value is -1.33. The van der Waals surface area contributed by atoms with Gasteiger partial charge in [0.05, 0.1) is 4.92 Å². The molecule has 1 aliphatic carbocycles. The Balaban J connectivity index is 3.15. The van der Waals surface area contributed by atoms with E-state index in [1.54, 1.807) is 6.92 Å². The highest BCUT2D eigenvalue weighted by Gasteiger charge is 2.41. The van der Waals surface area contributed by atoms with E-state index in [2.05, 4.69) is 0 Å². The maximum Gasteiger partial charge on any atom is 0.419 e. The third-order valence-electron chi connectivity index (χ3n) is 1.96. The topological polar surface area (TPSA) is 43.1 Å². The normalized spacial score (nSPS) is 22.7. The van der Waals surface area contributed by atoms with Gasteiger partial charge in [0.25, 0.3) is 5.70 Å². The fourth-order valence-corrected chi connectivity index (χ4v) is 1.28. The second kappa shape index (κ2) is 3.43. The molecule has 78 valence electrons. The summed E-state index contributed by atoms with van der Waals surface area (Å²) in [4.78, 5) is 9.32. The van der Waals surface area contributed by atoms with Gasteiger partial charge in [0.1, 0.15) is 5.57 Å². The SMILES string of the molecule is C[C@H]1C=CC([N+](=O)[O-])=C(C(F)(F)F)C1. The first-order valence-electron chi connectivity index (χ1n) is 3.95. The molecular formula is C8H8F3NO2. The van der Waals surface area contributed by atoms with Crippen molar-refractivity contribution in [2.75, 3.05) is 0 Å². The second-order valence-electron chi connectivity index (χ2n) is 3.16. The van der Waals surface area contributed by atoms with Crippen molar-refractivity contribution in [3.8, 4) is 0 Å². The zero-order chi connectivity index (χ0) is 10.9. The molecule has 0 N–H and O–H groups in total.